The third-order valence-electron chi connectivity index (χ3n) is 5.93. The molecule has 1 aliphatic rings. The van der Waals surface area contributed by atoms with Crippen LogP contribution in [0.1, 0.15) is 62.5 Å². The molecule has 0 aliphatic heterocycles. The van der Waals surface area contributed by atoms with E-state index < -0.39 is 5.97 Å². The van der Waals surface area contributed by atoms with Crippen molar-refractivity contribution in [1.29, 1.82) is 0 Å². The summed E-state index contributed by atoms with van der Waals surface area (Å²) in [6, 6.07) is 3.74. The van der Waals surface area contributed by atoms with Crippen LogP contribution in [0.2, 0.25) is 0 Å². The van der Waals surface area contributed by atoms with Crippen LogP contribution in [0.25, 0.3) is 11.4 Å². The molecule has 1 fully saturated rings. The van der Waals surface area contributed by atoms with Gasteiger partial charge in [-0.05, 0) is 50.7 Å². The second-order valence-electron chi connectivity index (χ2n) is 8.68. The van der Waals surface area contributed by atoms with E-state index in [2.05, 4.69) is 34.4 Å². The van der Waals surface area contributed by atoms with E-state index in [9.17, 15) is 9.90 Å². The lowest BCUT2D eigenvalue weighted by atomic mass is 9.87. The van der Waals surface area contributed by atoms with Gasteiger partial charge in [-0.25, -0.2) is 9.67 Å². The van der Waals surface area contributed by atoms with Crippen LogP contribution in [0, 0.1) is 12.8 Å². The second kappa shape index (κ2) is 9.05. The van der Waals surface area contributed by atoms with Crippen molar-refractivity contribution in [3.05, 3.63) is 35.4 Å². The van der Waals surface area contributed by atoms with Crippen LogP contribution in [0.15, 0.2) is 18.3 Å². The minimum Gasteiger partial charge on any atom is -0.489 e. The molecule has 10 nitrogen and oxygen atoms in total. The van der Waals surface area contributed by atoms with Crippen molar-refractivity contribution in [1.82, 2.24) is 35.0 Å². The van der Waals surface area contributed by atoms with E-state index in [-0.39, 0.29) is 12.0 Å². The number of ether oxygens (including phenoxy) is 1. The molecule has 170 valence electrons. The van der Waals surface area contributed by atoms with Gasteiger partial charge in [-0.3, -0.25) is 4.79 Å². The van der Waals surface area contributed by atoms with Gasteiger partial charge < -0.3 is 9.84 Å². The summed E-state index contributed by atoms with van der Waals surface area (Å²) in [5, 5.41) is 26.7. The summed E-state index contributed by atoms with van der Waals surface area (Å²) in [4.78, 5) is 17.7. The van der Waals surface area contributed by atoms with Crippen molar-refractivity contribution in [2.24, 2.45) is 13.0 Å². The van der Waals surface area contributed by atoms with Crippen LogP contribution in [0.3, 0.4) is 0 Å². The summed E-state index contributed by atoms with van der Waals surface area (Å²) >= 11 is 0. The molecule has 0 amide bonds. The monoisotopic (exact) mass is 439 g/mol. The first-order valence-electron chi connectivity index (χ1n) is 11.0. The Morgan fingerprint density at radius 1 is 1.31 bits per heavy atom. The third kappa shape index (κ3) is 4.63. The number of nitrogens with zero attached hydrogens (tertiary/aromatic N) is 7. The first-order valence-corrected chi connectivity index (χ1v) is 11.0. The molecular formula is C22H29N7O3. The third-order valence-corrected chi connectivity index (χ3v) is 5.93. The number of rotatable bonds is 7. The van der Waals surface area contributed by atoms with Crippen LogP contribution < -0.4 is 4.74 Å². The lowest BCUT2D eigenvalue weighted by molar-refractivity contribution is -0.143. The molecule has 0 bridgehead atoms. The second-order valence-corrected chi connectivity index (χ2v) is 8.68. The number of aliphatic carboxylic acids is 1. The van der Waals surface area contributed by atoms with Crippen molar-refractivity contribution in [3.8, 4) is 17.1 Å². The van der Waals surface area contributed by atoms with Gasteiger partial charge in [-0.1, -0.05) is 19.1 Å². The Balaban J connectivity index is 1.52. The zero-order chi connectivity index (χ0) is 22.8. The predicted molar refractivity (Wildman–Crippen MR) is 116 cm³/mol. The summed E-state index contributed by atoms with van der Waals surface area (Å²) in [6.07, 6.45) is 4.63. The largest absolute Gasteiger partial charge is 0.489 e. The van der Waals surface area contributed by atoms with Gasteiger partial charge in [0.15, 0.2) is 0 Å². The highest BCUT2D eigenvalue weighted by Gasteiger charge is 2.28. The van der Waals surface area contributed by atoms with Gasteiger partial charge in [0, 0.05) is 7.05 Å². The highest BCUT2D eigenvalue weighted by Crippen LogP contribution is 2.30. The summed E-state index contributed by atoms with van der Waals surface area (Å²) in [5.74, 6) is -0.105. The van der Waals surface area contributed by atoms with Crippen LogP contribution in [-0.2, 0) is 18.4 Å². The van der Waals surface area contributed by atoms with E-state index in [1.165, 1.54) is 0 Å². The van der Waals surface area contributed by atoms with Crippen LogP contribution in [0.4, 0.5) is 0 Å². The van der Waals surface area contributed by atoms with Gasteiger partial charge in [-0.2, -0.15) is 15.0 Å². The molecule has 32 heavy (non-hydrogen) atoms. The normalized spacial score (nSPS) is 18.8. The topological polar surface area (TPSA) is 121 Å². The summed E-state index contributed by atoms with van der Waals surface area (Å²) < 4.78 is 7.83. The number of carbonyl (C=O) groups is 1. The van der Waals surface area contributed by atoms with Crippen molar-refractivity contribution in [3.63, 3.8) is 0 Å². The molecule has 4 rings (SSSR count). The van der Waals surface area contributed by atoms with E-state index in [1.54, 1.807) is 15.7 Å². The molecule has 0 radical (unpaired) electrons. The first-order chi connectivity index (χ1) is 15.3. The van der Waals surface area contributed by atoms with E-state index in [1.807, 2.05) is 26.1 Å². The van der Waals surface area contributed by atoms with Gasteiger partial charge in [-0.15, -0.1) is 5.10 Å². The van der Waals surface area contributed by atoms with E-state index in [0.29, 0.717) is 42.4 Å². The molecule has 2 atom stereocenters. The SMILES string of the molecule is Cc1nc(-c2nnn(C)c2Cn2ncc(C(C)C)n2)ccc1O[C@H]1CCC[C@H](C(=O)O)C1. The van der Waals surface area contributed by atoms with Crippen LogP contribution in [-0.4, -0.2) is 52.2 Å². The fraction of sp³-hybridized carbons (Fsp3) is 0.545. The lowest BCUT2D eigenvalue weighted by Gasteiger charge is -2.27. The molecule has 3 aromatic heterocycles. The highest BCUT2D eigenvalue weighted by molar-refractivity contribution is 5.70. The number of aryl methyl sites for hydroxylation is 2. The fourth-order valence-electron chi connectivity index (χ4n) is 4.00. The molecule has 0 unspecified atom stereocenters. The highest BCUT2D eigenvalue weighted by atomic mass is 16.5. The molecule has 0 spiro atoms. The smallest absolute Gasteiger partial charge is 0.306 e. The maximum atomic E-state index is 11.3. The minimum absolute atomic E-state index is 0.107. The molecule has 1 aliphatic carbocycles. The van der Waals surface area contributed by atoms with Gasteiger partial charge in [0.05, 0.1) is 41.0 Å². The summed E-state index contributed by atoms with van der Waals surface area (Å²) in [5.41, 5.74) is 3.89. The van der Waals surface area contributed by atoms with Crippen LogP contribution in [0.5, 0.6) is 5.75 Å². The molecule has 1 N–H and O–H groups in total. The van der Waals surface area contributed by atoms with Gasteiger partial charge in [0.1, 0.15) is 18.0 Å². The van der Waals surface area contributed by atoms with Gasteiger partial charge in [0.25, 0.3) is 0 Å². The van der Waals surface area contributed by atoms with Crippen molar-refractivity contribution >= 4 is 5.97 Å². The molecule has 1 saturated carbocycles. The maximum Gasteiger partial charge on any atom is 0.306 e. The van der Waals surface area contributed by atoms with Gasteiger partial charge in [0.2, 0.25) is 0 Å². The Hall–Kier alpha value is -3.30. The number of aromatic nitrogens is 7. The van der Waals surface area contributed by atoms with Crippen molar-refractivity contribution < 1.29 is 14.6 Å². The minimum atomic E-state index is -0.745. The van der Waals surface area contributed by atoms with Gasteiger partial charge >= 0.3 is 5.97 Å². The van der Waals surface area contributed by atoms with Crippen LogP contribution >= 0.6 is 0 Å². The molecule has 10 heteroatoms. The first kappa shape index (κ1) is 21.9. The van der Waals surface area contributed by atoms with E-state index in [4.69, 9.17) is 9.72 Å². The summed E-state index contributed by atoms with van der Waals surface area (Å²) in [6.45, 7) is 6.48. The Labute approximate surface area is 186 Å². The maximum absolute atomic E-state index is 11.3. The number of carboxylic acid groups (broad SMARTS) is 1. The lowest BCUT2D eigenvalue weighted by Crippen LogP contribution is -2.29. The molecular weight excluding hydrogens is 410 g/mol. The quantitative estimate of drug-likeness (QED) is 0.596. The Morgan fingerprint density at radius 2 is 2.12 bits per heavy atom. The molecule has 0 aromatic carbocycles. The van der Waals surface area contributed by atoms with Crippen molar-refractivity contribution in [2.45, 2.75) is 65.0 Å². The standard InChI is InChI=1S/C22H29N7O3/c1-13(2)18-11-23-29(26-18)12-19-21(25-27-28(19)4)17-8-9-20(14(3)24-17)32-16-7-5-6-15(10-16)22(30)31/h8-9,11,13,15-16H,5-7,10,12H2,1-4H3,(H,30,31)/t15-,16-/m0/s1. The zero-order valence-electron chi connectivity index (χ0n) is 18.9. The molecule has 0 saturated heterocycles. The van der Waals surface area contributed by atoms with E-state index >= 15 is 0 Å². The number of hydrogen-bond acceptors (Lipinski definition) is 7. The number of carboxylic acids is 1. The summed E-state index contributed by atoms with van der Waals surface area (Å²) in [7, 11) is 1.84. The average molecular weight is 440 g/mol. The Kier molecular flexibility index (Phi) is 6.20. The number of pyridine rings is 1. The van der Waals surface area contributed by atoms with Crippen molar-refractivity contribution in [2.75, 3.05) is 0 Å². The predicted octanol–water partition coefficient (Wildman–Crippen LogP) is 2.97. The molecule has 3 heterocycles. The fourth-order valence-corrected chi connectivity index (χ4v) is 4.00. The Morgan fingerprint density at radius 3 is 2.81 bits per heavy atom. The number of hydrogen-bond donors (Lipinski definition) is 1. The van der Waals surface area contributed by atoms with E-state index in [0.717, 1.165) is 29.9 Å². The average Bonchev–Trinajstić information content (AvgIpc) is 3.37. The Bertz CT molecular complexity index is 1100. The zero-order valence-corrected chi connectivity index (χ0v) is 18.9. The molecule has 3 aromatic rings.